The van der Waals surface area contributed by atoms with Crippen LogP contribution in [0.4, 0.5) is 0 Å². The molecule has 1 amide bonds. The van der Waals surface area contributed by atoms with E-state index in [1.807, 2.05) is 0 Å². The van der Waals surface area contributed by atoms with Crippen molar-refractivity contribution in [1.82, 2.24) is 10.6 Å². The second kappa shape index (κ2) is 6.17. The minimum absolute atomic E-state index is 0.184. The molecule has 2 N–H and O–H groups in total. The fraction of sp³-hybridized carbons (Fsp3) is 0.615. The zero-order valence-electron chi connectivity index (χ0n) is 10.2. The normalized spacial score (nSPS) is 22.9. The van der Waals surface area contributed by atoms with Crippen molar-refractivity contribution in [2.45, 2.75) is 44.7 Å². The first-order valence-corrected chi connectivity index (χ1v) is 7.17. The number of thiophene rings is 1. The Morgan fingerprint density at radius 1 is 1.65 bits per heavy atom. The highest BCUT2D eigenvalue weighted by Crippen LogP contribution is 2.13. The Morgan fingerprint density at radius 3 is 3.29 bits per heavy atom. The zero-order chi connectivity index (χ0) is 12.1. The Kier molecular flexibility index (Phi) is 4.57. The molecule has 1 aromatic rings. The summed E-state index contributed by atoms with van der Waals surface area (Å²) < 4.78 is 0. The molecule has 17 heavy (non-hydrogen) atoms. The van der Waals surface area contributed by atoms with Crippen molar-refractivity contribution in [2.24, 2.45) is 0 Å². The third kappa shape index (κ3) is 4.13. The fourth-order valence-electron chi connectivity index (χ4n) is 2.31. The summed E-state index contributed by atoms with van der Waals surface area (Å²) in [6.45, 7) is 3.03. The van der Waals surface area contributed by atoms with Gasteiger partial charge in [0.2, 0.25) is 5.91 Å². The van der Waals surface area contributed by atoms with Gasteiger partial charge in [-0.1, -0.05) is 6.07 Å². The first-order valence-electron chi connectivity index (χ1n) is 6.29. The number of hydrogen-bond donors (Lipinski definition) is 2. The van der Waals surface area contributed by atoms with Crippen LogP contribution in [0.25, 0.3) is 0 Å². The molecule has 1 aromatic heterocycles. The van der Waals surface area contributed by atoms with Gasteiger partial charge in [0.15, 0.2) is 0 Å². The van der Waals surface area contributed by atoms with Crippen LogP contribution in [0.3, 0.4) is 0 Å². The first kappa shape index (κ1) is 12.6. The van der Waals surface area contributed by atoms with Gasteiger partial charge in [-0.3, -0.25) is 4.79 Å². The SMILES string of the molecule is CC(Cc1cccs1)NC1CCCNC(=O)C1. The van der Waals surface area contributed by atoms with E-state index in [-0.39, 0.29) is 5.91 Å². The summed E-state index contributed by atoms with van der Waals surface area (Å²) in [5, 5.41) is 8.60. The predicted molar refractivity (Wildman–Crippen MR) is 71.3 cm³/mol. The Bertz CT molecular complexity index is 350. The number of nitrogens with one attached hydrogen (secondary N) is 2. The van der Waals surface area contributed by atoms with Crippen molar-refractivity contribution < 1.29 is 4.79 Å². The molecule has 1 fully saturated rings. The molecule has 4 heteroatoms. The lowest BCUT2D eigenvalue weighted by Crippen LogP contribution is -2.39. The van der Waals surface area contributed by atoms with Gasteiger partial charge >= 0.3 is 0 Å². The van der Waals surface area contributed by atoms with E-state index in [9.17, 15) is 4.79 Å². The molecule has 2 rings (SSSR count). The van der Waals surface area contributed by atoms with Crippen molar-refractivity contribution in [2.75, 3.05) is 6.54 Å². The first-order chi connectivity index (χ1) is 8.24. The van der Waals surface area contributed by atoms with Crippen molar-refractivity contribution in [3.8, 4) is 0 Å². The lowest BCUT2D eigenvalue weighted by Gasteiger charge is -2.20. The molecule has 0 saturated carbocycles. The van der Waals surface area contributed by atoms with E-state index in [1.165, 1.54) is 4.88 Å². The van der Waals surface area contributed by atoms with Crippen LogP contribution < -0.4 is 10.6 Å². The Balaban J connectivity index is 1.80. The third-order valence-corrected chi connectivity index (χ3v) is 3.99. The standard InChI is InChI=1S/C13H20N2OS/c1-10(8-12-5-3-7-17-12)15-11-4-2-6-14-13(16)9-11/h3,5,7,10-11,15H,2,4,6,8-9H2,1H3,(H,14,16). The summed E-state index contributed by atoms with van der Waals surface area (Å²) in [7, 11) is 0. The van der Waals surface area contributed by atoms with E-state index < -0.39 is 0 Å². The molecule has 94 valence electrons. The van der Waals surface area contributed by atoms with Gasteiger partial charge in [-0.25, -0.2) is 0 Å². The van der Waals surface area contributed by atoms with E-state index >= 15 is 0 Å². The highest BCUT2D eigenvalue weighted by Gasteiger charge is 2.18. The summed E-state index contributed by atoms with van der Waals surface area (Å²) in [6, 6.07) is 5.03. The van der Waals surface area contributed by atoms with Gasteiger partial charge in [0.1, 0.15) is 0 Å². The third-order valence-electron chi connectivity index (χ3n) is 3.09. The van der Waals surface area contributed by atoms with Gasteiger partial charge in [0.25, 0.3) is 0 Å². The van der Waals surface area contributed by atoms with Crippen molar-refractivity contribution >= 4 is 17.2 Å². The van der Waals surface area contributed by atoms with Gasteiger partial charge in [-0.15, -0.1) is 11.3 Å². The number of carbonyl (C=O) groups is 1. The molecule has 0 bridgehead atoms. The Hall–Kier alpha value is -0.870. The molecular weight excluding hydrogens is 232 g/mol. The second-order valence-electron chi connectivity index (χ2n) is 4.74. The number of rotatable bonds is 4. The van der Waals surface area contributed by atoms with Gasteiger partial charge in [0, 0.05) is 29.9 Å². The predicted octanol–water partition coefficient (Wildman–Crippen LogP) is 1.94. The smallest absolute Gasteiger partial charge is 0.221 e. The van der Waals surface area contributed by atoms with Crippen LogP contribution in [0.1, 0.15) is 31.1 Å². The van der Waals surface area contributed by atoms with Crippen LogP contribution in [0.2, 0.25) is 0 Å². The van der Waals surface area contributed by atoms with Crippen LogP contribution >= 0.6 is 11.3 Å². The highest BCUT2D eigenvalue weighted by molar-refractivity contribution is 7.09. The van der Waals surface area contributed by atoms with Gasteiger partial charge in [0.05, 0.1) is 0 Å². The van der Waals surface area contributed by atoms with Crippen LogP contribution in [0, 0.1) is 0 Å². The van der Waals surface area contributed by atoms with Gasteiger partial charge in [-0.05, 0) is 37.6 Å². The molecule has 1 aliphatic heterocycles. The van der Waals surface area contributed by atoms with E-state index in [0.717, 1.165) is 25.8 Å². The molecular formula is C13H20N2OS. The lowest BCUT2D eigenvalue weighted by atomic mass is 10.1. The average Bonchev–Trinajstić information content (AvgIpc) is 2.68. The summed E-state index contributed by atoms with van der Waals surface area (Å²) in [6.07, 6.45) is 3.84. The molecule has 2 unspecified atom stereocenters. The topological polar surface area (TPSA) is 41.1 Å². The van der Waals surface area contributed by atoms with E-state index in [4.69, 9.17) is 0 Å². The van der Waals surface area contributed by atoms with Crippen molar-refractivity contribution in [3.63, 3.8) is 0 Å². The number of amides is 1. The van der Waals surface area contributed by atoms with Crippen molar-refractivity contribution in [3.05, 3.63) is 22.4 Å². The van der Waals surface area contributed by atoms with Gasteiger partial charge < -0.3 is 10.6 Å². The largest absolute Gasteiger partial charge is 0.356 e. The summed E-state index contributed by atoms with van der Waals surface area (Å²) in [5.74, 6) is 0.184. The summed E-state index contributed by atoms with van der Waals surface area (Å²) in [4.78, 5) is 12.8. The number of carbonyl (C=O) groups excluding carboxylic acids is 1. The molecule has 3 nitrogen and oxygen atoms in total. The van der Waals surface area contributed by atoms with E-state index in [1.54, 1.807) is 11.3 Å². The minimum Gasteiger partial charge on any atom is -0.356 e. The monoisotopic (exact) mass is 252 g/mol. The van der Waals surface area contributed by atoms with E-state index in [2.05, 4.69) is 35.1 Å². The highest BCUT2D eigenvalue weighted by atomic mass is 32.1. The lowest BCUT2D eigenvalue weighted by molar-refractivity contribution is -0.121. The fourth-order valence-corrected chi connectivity index (χ4v) is 3.14. The van der Waals surface area contributed by atoms with Crippen LogP contribution in [-0.2, 0) is 11.2 Å². The zero-order valence-corrected chi connectivity index (χ0v) is 11.1. The van der Waals surface area contributed by atoms with Crippen molar-refractivity contribution in [1.29, 1.82) is 0 Å². The van der Waals surface area contributed by atoms with Crippen LogP contribution in [0.15, 0.2) is 17.5 Å². The molecule has 1 aliphatic rings. The quantitative estimate of drug-likeness (QED) is 0.860. The maximum absolute atomic E-state index is 11.4. The molecule has 0 aliphatic carbocycles. The maximum atomic E-state index is 11.4. The Morgan fingerprint density at radius 2 is 2.53 bits per heavy atom. The summed E-state index contributed by atoms with van der Waals surface area (Å²) >= 11 is 1.80. The molecule has 2 atom stereocenters. The molecule has 1 saturated heterocycles. The van der Waals surface area contributed by atoms with E-state index in [0.29, 0.717) is 18.5 Å². The molecule has 0 aromatic carbocycles. The minimum atomic E-state index is 0.184. The average molecular weight is 252 g/mol. The van der Waals surface area contributed by atoms with Crippen LogP contribution in [0.5, 0.6) is 0 Å². The Labute approximate surface area is 107 Å². The molecule has 0 spiro atoms. The summed E-state index contributed by atoms with van der Waals surface area (Å²) in [5.41, 5.74) is 0. The maximum Gasteiger partial charge on any atom is 0.221 e. The van der Waals surface area contributed by atoms with Gasteiger partial charge in [-0.2, -0.15) is 0 Å². The second-order valence-corrected chi connectivity index (χ2v) is 5.78. The number of hydrogen-bond acceptors (Lipinski definition) is 3. The molecule has 2 heterocycles. The van der Waals surface area contributed by atoms with Crippen LogP contribution in [-0.4, -0.2) is 24.5 Å². The molecule has 0 radical (unpaired) electrons.